The predicted octanol–water partition coefficient (Wildman–Crippen LogP) is 4.10. The molecule has 0 aliphatic carbocycles. The molecule has 3 rings (SSSR count). The standard InChI is InChI=1S/C21H26F3N3O3S/c1-15(2)30-19-7-6-18(13-16(19)3)31(28,29)27-10-4-9-26(11-12-27)20-8-5-17(14-25-20)21(22,23)24/h5-8,13-15H,4,9-12H2,1-3H3. The van der Waals surface area contributed by atoms with E-state index in [1.807, 2.05) is 13.8 Å². The van der Waals surface area contributed by atoms with E-state index in [9.17, 15) is 21.6 Å². The van der Waals surface area contributed by atoms with Crippen molar-refractivity contribution >= 4 is 15.8 Å². The fourth-order valence-corrected chi connectivity index (χ4v) is 4.98. The zero-order chi connectivity index (χ0) is 22.8. The molecule has 0 bridgehead atoms. The molecule has 1 aromatic carbocycles. The van der Waals surface area contributed by atoms with Crippen molar-refractivity contribution in [3.05, 3.63) is 47.7 Å². The summed E-state index contributed by atoms with van der Waals surface area (Å²) in [6.45, 7) is 6.99. The van der Waals surface area contributed by atoms with E-state index in [0.717, 1.165) is 17.8 Å². The second-order valence-electron chi connectivity index (χ2n) is 7.74. The summed E-state index contributed by atoms with van der Waals surface area (Å²) in [6, 6.07) is 7.13. The Morgan fingerprint density at radius 2 is 1.81 bits per heavy atom. The molecule has 170 valence electrons. The van der Waals surface area contributed by atoms with Crippen LogP contribution in [0.3, 0.4) is 0 Å². The first-order chi connectivity index (χ1) is 14.5. The molecule has 1 fully saturated rings. The number of rotatable bonds is 5. The van der Waals surface area contributed by atoms with E-state index in [0.29, 0.717) is 37.6 Å². The smallest absolute Gasteiger partial charge is 0.417 e. The quantitative estimate of drug-likeness (QED) is 0.677. The molecule has 1 aliphatic rings. The van der Waals surface area contributed by atoms with E-state index in [4.69, 9.17) is 4.74 Å². The van der Waals surface area contributed by atoms with E-state index in [-0.39, 0.29) is 17.5 Å². The lowest BCUT2D eigenvalue weighted by Crippen LogP contribution is -2.35. The lowest BCUT2D eigenvalue weighted by Gasteiger charge is -2.23. The Morgan fingerprint density at radius 3 is 2.39 bits per heavy atom. The number of alkyl halides is 3. The van der Waals surface area contributed by atoms with Crippen LogP contribution in [0, 0.1) is 6.92 Å². The SMILES string of the molecule is Cc1cc(S(=O)(=O)N2CCCN(c3ccc(C(F)(F)F)cn3)CC2)ccc1OC(C)C. The van der Waals surface area contributed by atoms with Crippen LogP contribution in [0.5, 0.6) is 5.75 Å². The third kappa shape index (κ3) is 5.48. The lowest BCUT2D eigenvalue weighted by molar-refractivity contribution is -0.137. The van der Waals surface area contributed by atoms with E-state index in [1.54, 1.807) is 30.0 Å². The van der Waals surface area contributed by atoms with Crippen LogP contribution >= 0.6 is 0 Å². The number of aryl methyl sites for hydroxylation is 1. The largest absolute Gasteiger partial charge is 0.491 e. The van der Waals surface area contributed by atoms with Gasteiger partial charge in [0.2, 0.25) is 10.0 Å². The van der Waals surface area contributed by atoms with Crippen LogP contribution < -0.4 is 9.64 Å². The molecule has 0 radical (unpaired) electrons. The minimum atomic E-state index is -4.44. The number of hydrogen-bond donors (Lipinski definition) is 0. The second-order valence-corrected chi connectivity index (χ2v) is 9.68. The Bertz CT molecular complexity index is 1010. The van der Waals surface area contributed by atoms with Gasteiger partial charge in [0.1, 0.15) is 11.6 Å². The molecule has 6 nitrogen and oxygen atoms in total. The summed E-state index contributed by atoms with van der Waals surface area (Å²) in [7, 11) is -3.70. The van der Waals surface area contributed by atoms with Crippen LogP contribution in [0.4, 0.5) is 19.0 Å². The third-order valence-corrected chi connectivity index (χ3v) is 6.90. The number of anilines is 1. The first-order valence-electron chi connectivity index (χ1n) is 10.0. The highest BCUT2D eigenvalue weighted by Gasteiger charge is 2.31. The van der Waals surface area contributed by atoms with Crippen LogP contribution in [-0.4, -0.2) is 50.0 Å². The van der Waals surface area contributed by atoms with Crippen molar-refractivity contribution in [2.24, 2.45) is 0 Å². The number of halogens is 3. The second kappa shape index (κ2) is 9.04. The predicted molar refractivity (Wildman–Crippen MR) is 112 cm³/mol. The molecule has 0 atom stereocenters. The Hall–Kier alpha value is -2.33. The minimum absolute atomic E-state index is 0.0171. The van der Waals surface area contributed by atoms with Gasteiger partial charge in [-0.25, -0.2) is 13.4 Å². The Kier molecular flexibility index (Phi) is 6.80. The molecule has 0 N–H and O–H groups in total. The molecule has 1 aromatic heterocycles. The number of benzene rings is 1. The molecule has 1 saturated heterocycles. The van der Waals surface area contributed by atoms with Gasteiger partial charge in [0.05, 0.1) is 16.6 Å². The van der Waals surface area contributed by atoms with Crippen molar-refractivity contribution in [1.82, 2.24) is 9.29 Å². The van der Waals surface area contributed by atoms with Crippen LogP contribution in [-0.2, 0) is 16.2 Å². The van der Waals surface area contributed by atoms with Crippen molar-refractivity contribution in [2.45, 2.75) is 44.4 Å². The average Bonchev–Trinajstić information content (AvgIpc) is 2.95. The van der Waals surface area contributed by atoms with Gasteiger partial charge >= 0.3 is 6.18 Å². The van der Waals surface area contributed by atoms with Gasteiger partial charge in [0.25, 0.3) is 0 Å². The summed E-state index contributed by atoms with van der Waals surface area (Å²) in [5, 5.41) is 0. The van der Waals surface area contributed by atoms with E-state index >= 15 is 0 Å². The Balaban J connectivity index is 1.73. The monoisotopic (exact) mass is 457 g/mol. The van der Waals surface area contributed by atoms with Gasteiger partial charge < -0.3 is 9.64 Å². The Morgan fingerprint density at radius 1 is 1.06 bits per heavy atom. The summed E-state index contributed by atoms with van der Waals surface area (Å²) in [5.74, 6) is 1.04. The summed E-state index contributed by atoms with van der Waals surface area (Å²) in [4.78, 5) is 5.93. The number of hydrogen-bond acceptors (Lipinski definition) is 5. The maximum Gasteiger partial charge on any atom is 0.417 e. The molecule has 0 spiro atoms. The van der Waals surface area contributed by atoms with Gasteiger partial charge in [-0.1, -0.05) is 0 Å². The third-order valence-electron chi connectivity index (χ3n) is 5.00. The molecule has 0 unspecified atom stereocenters. The maximum atomic E-state index is 13.1. The fraction of sp³-hybridized carbons (Fsp3) is 0.476. The van der Waals surface area contributed by atoms with Crippen molar-refractivity contribution in [1.29, 1.82) is 0 Å². The molecule has 2 aromatic rings. The van der Waals surface area contributed by atoms with Gasteiger partial charge in [-0.05, 0) is 63.1 Å². The van der Waals surface area contributed by atoms with Crippen LogP contribution in [0.1, 0.15) is 31.4 Å². The van der Waals surface area contributed by atoms with Gasteiger partial charge in [0, 0.05) is 32.4 Å². The topological polar surface area (TPSA) is 62.7 Å². The molecule has 0 saturated carbocycles. The fourth-order valence-electron chi connectivity index (χ4n) is 3.42. The van der Waals surface area contributed by atoms with Crippen molar-refractivity contribution in [3.63, 3.8) is 0 Å². The van der Waals surface area contributed by atoms with E-state index in [1.165, 1.54) is 10.4 Å². The number of ether oxygens (including phenoxy) is 1. The molecule has 2 heterocycles. The van der Waals surface area contributed by atoms with Gasteiger partial charge in [0.15, 0.2) is 0 Å². The normalized spacial score (nSPS) is 16.4. The van der Waals surface area contributed by atoms with Crippen LogP contribution in [0.15, 0.2) is 41.4 Å². The zero-order valence-electron chi connectivity index (χ0n) is 17.7. The van der Waals surface area contributed by atoms with Crippen molar-refractivity contribution in [3.8, 4) is 5.75 Å². The molecular weight excluding hydrogens is 431 g/mol. The minimum Gasteiger partial charge on any atom is -0.491 e. The first kappa shape index (κ1) is 23.3. The Labute approximate surface area is 180 Å². The van der Waals surface area contributed by atoms with E-state index in [2.05, 4.69) is 4.98 Å². The number of pyridine rings is 1. The highest BCUT2D eigenvalue weighted by atomic mass is 32.2. The molecular formula is C21H26F3N3O3S. The van der Waals surface area contributed by atoms with Gasteiger partial charge in [-0.2, -0.15) is 17.5 Å². The summed E-state index contributed by atoms with van der Waals surface area (Å²) >= 11 is 0. The highest BCUT2D eigenvalue weighted by Crippen LogP contribution is 2.30. The summed E-state index contributed by atoms with van der Waals surface area (Å²) in [5.41, 5.74) is -0.0734. The van der Waals surface area contributed by atoms with Crippen LogP contribution in [0.2, 0.25) is 0 Å². The van der Waals surface area contributed by atoms with Gasteiger partial charge in [-0.15, -0.1) is 0 Å². The molecule has 10 heteroatoms. The summed E-state index contributed by atoms with van der Waals surface area (Å²) in [6.07, 6.45) is -3.12. The lowest BCUT2D eigenvalue weighted by atomic mass is 10.2. The highest BCUT2D eigenvalue weighted by molar-refractivity contribution is 7.89. The van der Waals surface area contributed by atoms with Crippen LogP contribution in [0.25, 0.3) is 0 Å². The average molecular weight is 458 g/mol. The molecule has 31 heavy (non-hydrogen) atoms. The summed E-state index contributed by atoms with van der Waals surface area (Å²) < 4.78 is 71.6. The number of aromatic nitrogens is 1. The maximum absolute atomic E-state index is 13.1. The number of sulfonamides is 1. The van der Waals surface area contributed by atoms with Crippen molar-refractivity contribution in [2.75, 3.05) is 31.1 Å². The van der Waals surface area contributed by atoms with Crippen molar-refractivity contribution < 1.29 is 26.3 Å². The number of nitrogens with zero attached hydrogens (tertiary/aromatic N) is 3. The molecule has 0 amide bonds. The first-order valence-corrected chi connectivity index (χ1v) is 11.5. The molecule has 1 aliphatic heterocycles. The van der Waals surface area contributed by atoms with E-state index < -0.39 is 21.8 Å². The van der Waals surface area contributed by atoms with Gasteiger partial charge in [-0.3, -0.25) is 0 Å². The zero-order valence-corrected chi connectivity index (χ0v) is 18.5.